The minimum Gasteiger partial charge on any atom is -0.508 e. The molecule has 2 aromatic rings. The first-order valence-corrected chi connectivity index (χ1v) is 5.70. The Morgan fingerprint density at radius 2 is 1.71 bits per heavy atom. The van der Waals surface area contributed by atoms with Crippen LogP contribution in [0.2, 0.25) is 0 Å². The van der Waals surface area contributed by atoms with E-state index < -0.39 is 0 Å². The first-order valence-electron chi connectivity index (χ1n) is 5.70. The lowest BCUT2D eigenvalue weighted by Crippen LogP contribution is -1.98. The second-order valence-electron chi connectivity index (χ2n) is 4.30. The second kappa shape index (κ2) is 4.91. The molecule has 1 atom stereocenters. The van der Waals surface area contributed by atoms with Gasteiger partial charge in [0.25, 0.3) is 0 Å². The van der Waals surface area contributed by atoms with Crippen LogP contribution in [0.25, 0.3) is 0 Å². The van der Waals surface area contributed by atoms with Gasteiger partial charge in [-0.2, -0.15) is 0 Å². The number of hydrogen-bond acceptors (Lipinski definition) is 1. The van der Waals surface area contributed by atoms with Crippen LogP contribution in [0.3, 0.4) is 0 Å². The third kappa shape index (κ3) is 2.78. The molecule has 0 heterocycles. The van der Waals surface area contributed by atoms with E-state index >= 15 is 0 Å². The summed E-state index contributed by atoms with van der Waals surface area (Å²) in [6, 6.07) is 14.3. The molecule has 0 saturated carbocycles. The molecule has 0 saturated heterocycles. The fourth-order valence-electron chi connectivity index (χ4n) is 1.92. The number of phenols is 1. The Labute approximate surface area is 101 Å². The van der Waals surface area contributed by atoms with E-state index in [1.807, 2.05) is 24.3 Å². The van der Waals surface area contributed by atoms with Gasteiger partial charge in [-0.3, -0.25) is 5.11 Å². The van der Waals surface area contributed by atoms with E-state index in [-0.39, 0.29) is 17.4 Å². The highest BCUT2D eigenvalue weighted by atomic mass is 16.3. The summed E-state index contributed by atoms with van der Waals surface area (Å²) in [6.45, 7) is 2.08. The van der Waals surface area contributed by atoms with Crippen LogP contribution >= 0.6 is 0 Å². The summed E-state index contributed by atoms with van der Waals surface area (Å²) in [4.78, 5) is 0. The van der Waals surface area contributed by atoms with Gasteiger partial charge >= 0.3 is 0 Å². The zero-order valence-electron chi connectivity index (χ0n) is 9.76. The predicted octanol–water partition coefficient (Wildman–Crippen LogP) is 3.88. The maximum absolute atomic E-state index is 11.6. The molecular weight excluding hydrogens is 212 g/mol. The summed E-state index contributed by atoms with van der Waals surface area (Å²) in [6.07, 6.45) is 0.727. The molecule has 2 nitrogen and oxygen atoms in total. The van der Waals surface area contributed by atoms with Crippen LogP contribution in [0.15, 0.2) is 48.5 Å². The van der Waals surface area contributed by atoms with E-state index in [9.17, 15) is 10.2 Å². The van der Waals surface area contributed by atoms with Gasteiger partial charge in [0.2, 0.25) is 0 Å². The summed E-state index contributed by atoms with van der Waals surface area (Å²) in [5.41, 5.74) is 1.97. The molecule has 0 amide bonds. The van der Waals surface area contributed by atoms with E-state index in [0.29, 0.717) is 0 Å². The topological polar surface area (TPSA) is 40.1 Å². The van der Waals surface area contributed by atoms with Crippen molar-refractivity contribution < 1.29 is 10.2 Å². The van der Waals surface area contributed by atoms with E-state index in [1.165, 1.54) is 0 Å². The van der Waals surface area contributed by atoms with E-state index in [0.717, 1.165) is 17.5 Å². The molecule has 1 N–H and O–H groups in total. The van der Waals surface area contributed by atoms with Gasteiger partial charge in [0.05, 0.1) is 0 Å². The third-order valence-electron chi connectivity index (χ3n) is 2.96. The van der Waals surface area contributed by atoms with Crippen LogP contribution in [0, 0.1) is 0 Å². The van der Waals surface area contributed by atoms with Gasteiger partial charge in [0.15, 0.2) is 5.75 Å². The van der Waals surface area contributed by atoms with Crippen LogP contribution in [-0.2, 0) is 11.5 Å². The molecule has 17 heavy (non-hydrogen) atoms. The van der Waals surface area contributed by atoms with E-state index in [4.69, 9.17) is 0 Å². The fraction of sp³-hybridized carbons (Fsp3) is 0.200. The lowest BCUT2D eigenvalue weighted by Gasteiger charge is -2.12. The molecule has 1 unspecified atom stereocenters. The number of hydrogen-bond donors (Lipinski definition) is 1. The number of benzene rings is 2. The molecule has 0 fully saturated rings. The Morgan fingerprint density at radius 1 is 1.06 bits per heavy atom. The zero-order chi connectivity index (χ0) is 12.3. The van der Waals surface area contributed by atoms with Gasteiger partial charge in [-0.25, -0.2) is 0 Å². The molecular formula is C15H15O2. The van der Waals surface area contributed by atoms with Gasteiger partial charge in [-0.1, -0.05) is 37.3 Å². The maximum Gasteiger partial charge on any atom is 0.181 e. The second-order valence-corrected chi connectivity index (χ2v) is 4.30. The lowest BCUT2D eigenvalue weighted by molar-refractivity contribution is 0.349. The van der Waals surface area contributed by atoms with Crippen LogP contribution in [-0.4, -0.2) is 5.11 Å². The van der Waals surface area contributed by atoms with Crippen LogP contribution in [0.1, 0.15) is 24.0 Å². The van der Waals surface area contributed by atoms with Crippen LogP contribution in [0.4, 0.5) is 0 Å². The highest BCUT2D eigenvalue weighted by molar-refractivity contribution is 5.34. The van der Waals surface area contributed by atoms with Crippen LogP contribution < -0.4 is 0 Å². The summed E-state index contributed by atoms with van der Waals surface area (Å²) < 4.78 is 0. The summed E-state index contributed by atoms with van der Waals surface area (Å²) >= 11 is 0. The van der Waals surface area contributed by atoms with E-state index in [2.05, 4.69) is 6.92 Å². The molecule has 0 aliphatic carbocycles. The number of aromatic hydroxyl groups is 1. The van der Waals surface area contributed by atoms with Crippen molar-refractivity contribution in [3.8, 4) is 11.5 Å². The normalized spacial score (nSPS) is 12.3. The molecule has 1 radical (unpaired) electrons. The highest BCUT2D eigenvalue weighted by Crippen LogP contribution is 2.26. The molecule has 0 bridgehead atoms. The van der Waals surface area contributed by atoms with Crippen molar-refractivity contribution in [2.24, 2.45) is 0 Å². The Hall–Kier alpha value is -1.96. The van der Waals surface area contributed by atoms with Gasteiger partial charge in [-0.05, 0) is 36.1 Å². The number of phenolic OH excluding ortho intramolecular Hbond substituents is 1. The summed E-state index contributed by atoms with van der Waals surface area (Å²) in [5.74, 6) is 0.633. The van der Waals surface area contributed by atoms with Crippen molar-refractivity contribution in [3.05, 3.63) is 59.7 Å². The first kappa shape index (κ1) is 11.5. The first-order chi connectivity index (χ1) is 8.16. The third-order valence-corrected chi connectivity index (χ3v) is 2.96. The lowest BCUT2D eigenvalue weighted by atomic mass is 9.93. The highest BCUT2D eigenvalue weighted by Gasteiger charge is 2.09. The standard InChI is InChI=1S/C15H15O2/c1-11(12-6-8-14(16)9-7-12)10-13-4-2-3-5-15(13)17/h2-9,11,16H,10H2,1H3. The number of para-hydroxylation sites is 1. The van der Waals surface area contributed by atoms with Crippen LogP contribution in [0.5, 0.6) is 11.5 Å². The van der Waals surface area contributed by atoms with Gasteiger partial charge in [0, 0.05) is 5.56 Å². The smallest absolute Gasteiger partial charge is 0.181 e. The average molecular weight is 227 g/mol. The molecule has 0 aliphatic heterocycles. The van der Waals surface area contributed by atoms with E-state index in [1.54, 1.807) is 24.3 Å². The molecule has 0 aliphatic rings. The number of rotatable bonds is 3. The van der Waals surface area contributed by atoms with Gasteiger partial charge < -0.3 is 5.11 Å². The average Bonchev–Trinajstić information content (AvgIpc) is 2.33. The largest absolute Gasteiger partial charge is 0.508 e. The van der Waals surface area contributed by atoms with Crippen molar-refractivity contribution in [1.82, 2.24) is 0 Å². The van der Waals surface area contributed by atoms with Crippen molar-refractivity contribution in [3.63, 3.8) is 0 Å². The maximum atomic E-state index is 11.6. The molecule has 2 heteroatoms. The Balaban J connectivity index is 2.14. The minimum absolute atomic E-state index is 0.0955. The summed E-state index contributed by atoms with van der Waals surface area (Å²) in [5, 5.41) is 20.8. The Kier molecular flexibility index (Phi) is 3.33. The quantitative estimate of drug-likeness (QED) is 0.849. The molecule has 2 aromatic carbocycles. The Bertz CT molecular complexity index is 489. The Morgan fingerprint density at radius 3 is 2.35 bits per heavy atom. The van der Waals surface area contributed by atoms with Gasteiger partial charge in [0.1, 0.15) is 5.75 Å². The fourth-order valence-corrected chi connectivity index (χ4v) is 1.92. The molecule has 87 valence electrons. The minimum atomic E-state index is 0.0955. The molecule has 0 aromatic heterocycles. The van der Waals surface area contributed by atoms with Crippen molar-refractivity contribution >= 4 is 0 Å². The predicted molar refractivity (Wildman–Crippen MR) is 66.8 cm³/mol. The SMILES string of the molecule is CC(Cc1ccccc1[O])c1ccc(O)cc1. The molecule has 0 spiro atoms. The molecule has 2 rings (SSSR count). The van der Waals surface area contributed by atoms with Crippen molar-refractivity contribution in [1.29, 1.82) is 0 Å². The van der Waals surface area contributed by atoms with Gasteiger partial charge in [-0.15, -0.1) is 0 Å². The summed E-state index contributed by atoms with van der Waals surface area (Å²) in [7, 11) is 0. The monoisotopic (exact) mass is 227 g/mol. The zero-order valence-corrected chi connectivity index (χ0v) is 9.76. The van der Waals surface area contributed by atoms with Crippen molar-refractivity contribution in [2.45, 2.75) is 19.3 Å². The van der Waals surface area contributed by atoms with Crippen molar-refractivity contribution in [2.75, 3.05) is 0 Å².